The lowest BCUT2D eigenvalue weighted by atomic mass is 10.1. The molecular weight excluding hydrogens is 484 g/mol. The van der Waals surface area contributed by atoms with Crippen LogP contribution < -0.4 is 15.4 Å². The van der Waals surface area contributed by atoms with Crippen molar-refractivity contribution in [2.75, 3.05) is 32.2 Å². The summed E-state index contributed by atoms with van der Waals surface area (Å²) >= 11 is 3.42. The number of hydrogen-bond donors (Lipinski definition) is 2. The molecule has 0 aromatic heterocycles. The molecule has 0 atom stereocenters. The van der Waals surface area contributed by atoms with Crippen LogP contribution >= 0.6 is 15.9 Å². The number of halogens is 1. The molecule has 0 saturated carbocycles. The average molecular weight is 511 g/mol. The van der Waals surface area contributed by atoms with Gasteiger partial charge in [0.15, 0.2) is 0 Å². The van der Waals surface area contributed by atoms with Crippen LogP contribution in [0.5, 0.6) is 5.75 Å². The van der Waals surface area contributed by atoms with Crippen LogP contribution in [0.1, 0.15) is 32.7 Å². The van der Waals surface area contributed by atoms with Gasteiger partial charge in [-0.15, -0.1) is 0 Å². The van der Waals surface area contributed by atoms with Crippen LogP contribution in [0.3, 0.4) is 0 Å². The summed E-state index contributed by atoms with van der Waals surface area (Å²) in [4.78, 5) is 25.1. The highest BCUT2D eigenvalue weighted by atomic mass is 79.9. The molecule has 3 aromatic rings. The number of benzene rings is 3. The smallest absolute Gasteiger partial charge is 0.259 e. The van der Waals surface area contributed by atoms with Crippen LogP contribution in [0.15, 0.2) is 77.3 Å². The van der Waals surface area contributed by atoms with Gasteiger partial charge in [-0.2, -0.15) is 0 Å². The van der Waals surface area contributed by atoms with Crippen LogP contribution in [0.4, 0.5) is 5.69 Å². The van der Waals surface area contributed by atoms with E-state index in [2.05, 4.69) is 26.6 Å². The van der Waals surface area contributed by atoms with Gasteiger partial charge >= 0.3 is 0 Å². The lowest BCUT2D eigenvalue weighted by molar-refractivity contribution is 0.0948. The third kappa shape index (κ3) is 7.73. The number of hydrogen-bond acceptors (Lipinski definition) is 4. The average Bonchev–Trinajstić information content (AvgIpc) is 2.83. The van der Waals surface area contributed by atoms with E-state index in [-0.39, 0.29) is 11.8 Å². The van der Waals surface area contributed by atoms with Crippen molar-refractivity contribution in [3.8, 4) is 5.75 Å². The molecule has 3 aromatic carbocycles. The number of nitrogens with one attached hydrogen (secondary N) is 2. The SMILES string of the molecule is COCCCNC(=O)c1ccc(NC(=O)c2cc(Br)ccc2OCCc2ccccc2)cc1. The molecule has 2 amide bonds. The molecule has 0 heterocycles. The van der Waals surface area contributed by atoms with Gasteiger partial charge in [-0.05, 0) is 54.4 Å². The second-order valence-electron chi connectivity index (χ2n) is 7.36. The Morgan fingerprint density at radius 2 is 1.67 bits per heavy atom. The van der Waals surface area contributed by atoms with Crippen LogP contribution in [-0.4, -0.2) is 38.7 Å². The quantitative estimate of drug-likeness (QED) is 0.352. The number of carbonyl (C=O) groups is 2. The predicted molar refractivity (Wildman–Crippen MR) is 133 cm³/mol. The molecule has 2 N–H and O–H groups in total. The van der Waals surface area contributed by atoms with Crippen LogP contribution in [-0.2, 0) is 11.2 Å². The van der Waals surface area contributed by atoms with E-state index in [9.17, 15) is 9.59 Å². The monoisotopic (exact) mass is 510 g/mol. The molecule has 0 bridgehead atoms. The summed E-state index contributed by atoms with van der Waals surface area (Å²) in [5, 5.41) is 5.71. The van der Waals surface area contributed by atoms with Gasteiger partial charge < -0.3 is 20.1 Å². The Hall–Kier alpha value is -3.16. The lowest BCUT2D eigenvalue weighted by Gasteiger charge is -2.13. The molecule has 0 fully saturated rings. The minimum atomic E-state index is -0.289. The fourth-order valence-corrected chi connectivity index (χ4v) is 3.51. The van der Waals surface area contributed by atoms with E-state index in [1.54, 1.807) is 43.5 Å². The van der Waals surface area contributed by atoms with Crippen molar-refractivity contribution < 1.29 is 19.1 Å². The second kappa shape index (κ2) is 12.8. The third-order valence-electron chi connectivity index (χ3n) is 4.89. The number of carbonyl (C=O) groups excluding carboxylic acids is 2. The van der Waals surface area contributed by atoms with Gasteiger partial charge in [0.25, 0.3) is 11.8 Å². The standard InChI is InChI=1S/C26H27BrN2O4/c1-32-16-5-15-28-25(30)20-8-11-22(12-9-20)29-26(31)23-18-21(27)10-13-24(23)33-17-14-19-6-3-2-4-7-19/h2-4,6-13,18H,5,14-17H2,1H3,(H,28,30)(H,29,31). The Balaban J connectivity index is 1.60. The molecule has 33 heavy (non-hydrogen) atoms. The van der Waals surface area contributed by atoms with Gasteiger partial charge in [0.2, 0.25) is 0 Å². The largest absolute Gasteiger partial charge is 0.492 e. The maximum absolute atomic E-state index is 12.9. The fourth-order valence-electron chi connectivity index (χ4n) is 3.15. The van der Waals surface area contributed by atoms with Crippen molar-refractivity contribution >= 4 is 33.4 Å². The Labute approximate surface area is 202 Å². The summed E-state index contributed by atoms with van der Waals surface area (Å²) in [6.45, 7) is 1.60. The molecule has 0 spiro atoms. The Bertz CT molecular complexity index is 1060. The molecule has 0 radical (unpaired) electrons. The highest BCUT2D eigenvalue weighted by Crippen LogP contribution is 2.25. The molecule has 3 rings (SSSR count). The number of amides is 2. The molecule has 172 valence electrons. The van der Waals surface area contributed by atoms with E-state index in [0.29, 0.717) is 42.3 Å². The number of rotatable bonds is 11. The first kappa shape index (κ1) is 24.5. The highest BCUT2D eigenvalue weighted by Gasteiger charge is 2.14. The zero-order valence-corrected chi connectivity index (χ0v) is 20.1. The highest BCUT2D eigenvalue weighted by molar-refractivity contribution is 9.10. The van der Waals surface area contributed by atoms with E-state index in [1.165, 1.54) is 5.56 Å². The zero-order chi connectivity index (χ0) is 23.5. The molecule has 0 aliphatic carbocycles. The summed E-state index contributed by atoms with van der Waals surface area (Å²) in [6.07, 6.45) is 1.49. The molecular formula is C26H27BrN2O4. The van der Waals surface area contributed by atoms with E-state index in [0.717, 1.165) is 17.3 Å². The zero-order valence-electron chi connectivity index (χ0n) is 18.5. The molecule has 0 aliphatic rings. The maximum Gasteiger partial charge on any atom is 0.259 e. The Kier molecular flexibility index (Phi) is 9.47. The van der Waals surface area contributed by atoms with E-state index in [4.69, 9.17) is 9.47 Å². The van der Waals surface area contributed by atoms with Gasteiger partial charge in [0, 0.05) is 42.4 Å². The molecule has 6 nitrogen and oxygen atoms in total. The first-order chi connectivity index (χ1) is 16.1. The summed E-state index contributed by atoms with van der Waals surface area (Å²) in [6, 6.07) is 22.2. The summed E-state index contributed by atoms with van der Waals surface area (Å²) in [7, 11) is 1.63. The summed E-state index contributed by atoms with van der Waals surface area (Å²) in [5.41, 5.74) is 2.71. The maximum atomic E-state index is 12.9. The van der Waals surface area contributed by atoms with Gasteiger partial charge in [0.1, 0.15) is 5.75 Å². The van der Waals surface area contributed by atoms with Crippen molar-refractivity contribution in [1.29, 1.82) is 0 Å². The summed E-state index contributed by atoms with van der Waals surface area (Å²) < 4.78 is 11.7. The number of anilines is 1. The van der Waals surface area contributed by atoms with Gasteiger partial charge in [-0.1, -0.05) is 46.3 Å². The predicted octanol–water partition coefficient (Wildman–Crippen LogP) is 5.09. The normalized spacial score (nSPS) is 10.5. The number of ether oxygens (including phenoxy) is 2. The van der Waals surface area contributed by atoms with Gasteiger partial charge in [-0.25, -0.2) is 0 Å². The fraction of sp³-hybridized carbons (Fsp3) is 0.231. The third-order valence-corrected chi connectivity index (χ3v) is 5.39. The van der Waals surface area contributed by atoms with Crippen molar-refractivity contribution in [1.82, 2.24) is 5.32 Å². The second-order valence-corrected chi connectivity index (χ2v) is 8.27. The minimum absolute atomic E-state index is 0.162. The van der Waals surface area contributed by atoms with Crippen molar-refractivity contribution in [2.24, 2.45) is 0 Å². The van der Waals surface area contributed by atoms with E-state index in [1.807, 2.05) is 36.4 Å². The number of methoxy groups -OCH3 is 1. The van der Waals surface area contributed by atoms with E-state index >= 15 is 0 Å². The first-order valence-electron chi connectivity index (χ1n) is 10.7. The molecule has 0 aliphatic heterocycles. The topological polar surface area (TPSA) is 76.7 Å². The van der Waals surface area contributed by atoms with Crippen LogP contribution in [0, 0.1) is 0 Å². The molecule has 0 unspecified atom stereocenters. The van der Waals surface area contributed by atoms with Crippen molar-refractivity contribution in [3.63, 3.8) is 0 Å². The molecule has 7 heteroatoms. The Morgan fingerprint density at radius 3 is 2.39 bits per heavy atom. The summed E-state index contributed by atoms with van der Waals surface area (Å²) in [5.74, 6) is 0.0616. The van der Waals surface area contributed by atoms with Crippen LogP contribution in [0.25, 0.3) is 0 Å². The van der Waals surface area contributed by atoms with Gasteiger partial charge in [-0.3, -0.25) is 9.59 Å². The van der Waals surface area contributed by atoms with Crippen LogP contribution in [0.2, 0.25) is 0 Å². The molecule has 0 saturated heterocycles. The lowest BCUT2D eigenvalue weighted by Crippen LogP contribution is -2.25. The van der Waals surface area contributed by atoms with Crippen molar-refractivity contribution in [3.05, 3.63) is 94.0 Å². The minimum Gasteiger partial charge on any atom is -0.492 e. The van der Waals surface area contributed by atoms with E-state index < -0.39 is 0 Å². The first-order valence-corrected chi connectivity index (χ1v) is 11.5. The Morgan fingerprint density at radius 1 is 0.909 bits per heavy atom. The van der Waals surface area contributed by atoms with Crippen molar-refractivity contribution in [2.45, 2.75) is 12.8 Å². The van der Waals surface area contributed by atoms with Gasteiger partial charge in [0.05, 0.1) is 12.2 Å².